The number of carboxylic acids is 3. The van der Waals surface area contributed by atoms with Crippen LogP contribution in [0.4, 0.5) is 0 Å². The fourth-order valence-corrected chi connectivity index (χ4v) is 0.736. The second kappa shape index (κ2) is 26.6. The van der Waals surface area contributed by atoms with E-state index in [1.54, 1.807) is 57.2 Å². The van der Waals surface area contributed by atoms with Crippen LogP contribution in [0.1, 0.15) is 20.8 Å². The summed E-state index contributed by atoms with van der Waals surface area (Å²) in [4.78, 5) is 28.9. The molecule has 0 saturated carbocycles. The van der Waals surface area contributed by atoms with Gasteiger partial charge >= 0.3 is 24.4 Å². The summed E-state index contributed by atoms with van der Waals surface area (Å²) >= 11 is 0. The van der Waals surface area contributed by atoms with Gasteiger partial charge in [-0.2, -0.15) is 0 Å². The van der Waals surface area contributed by atoms with Crippen LogP contribution >= 0.6 is 0 Å². The molecule has 0 rings (SSSR count). The zero-order chi connectivity index (χ0) is 19.2. The number of carboxylic acid groups (broad SMARTS) is 3. The van der Waals surface area contributed by atoms with E-state index in [4.69, 9.17) is 0 Å². The summed E-state index contributed by atoms with van der Waals surface area (Å²) in [6.07, 6.45) is 17.2. The molecule has 25 heavy (non-hydrogen) atoms. The first-order valence-electron chi connectivity index (χ1n) is 6.82. The van der Waals surface area contributed by atoms with Gasteiger partial charge in [0.2, 0.25) is 0 Å². The molecular weight excluding hydrogens is 434 g/mol. The Morgan fingerprint density at radius 3 is 0.840 bits per heavy atom. The van der Waals surface area contributed by atoms with Crippen molar-refractivity contribution in [1.82, 2.24) is 0 Å². The van der Waals surface area contributed by atoms with Gasteiger partial charge in [-0.1, -0.05) is 54.7 Å². The van der Waals surface area contributed by atoms with Crippen LogP contribution in [0.5, 0.6) is 0 Å². The molecule has 0 aromatic rings. The largest absolute Gasteiger partial charge is 3.00 e. The van der Waals surface area contributed by atoms with E-state index < -0.39 is 17.9 Å². The van der Waals surface area contributed by atoms with E-state index in [-0.39, 0.29) is 24.4 Å². The number of hydrogen-bond donors (Lipinski definition) is 0. The van der Waals surface area contributed by atoms with Crippen LogP contribution in [-0.4, -0.2) is 42.3 Å². The monoisotopic (exact) mass is 454 g/mol. The normalized spacial score (nSPS) is 10.7. The summed E-state index contributed by atoms with van der Waals surface area (Å²) in [7, 11) is 0. The average molecular weight is 455 g/mol. The van der Waals surface area contributed by atoms with Gasteiger partial charge in [-0.3, -0.25) is 0 Å². The molecule has 6 nitrogen and oxygen atoms in total. The van der Waals surface area contributed by atoms with Crippen LogP contribution in [0.2, 0.25) is 0 Å². The third-order valence-corrected chi connectivity index (χ3v) is 1.61. The molecule has 0 atom stereocenters. The Hall–Kier alpha value is -2.33. The molecule has 0 aliphatic heterocycles. The van der Waals surface area contributed by atoms with Gasteiger partial charge in [0, 0.05) is 0 Å². The summed E-state index contributed by atoms with van der Waals surface area (Å²) in [6.45, 7) is 5.42. The Kier molecular flexibility index (Phi) is 32.4. The average Bonchev–Trinajstić information content (AvgIpc) is 2.48. The van der Waals surface area contributed by atoms with E-state index in [2.05, 4.69) is 0 Å². The molecule has 0 heterocycles. The maximum absolute atomic E-state index is 9.64. The molecule has 0 aliphatic carbocycles. The number of rotatable bonds is 6. The van der Waals surface area contributed by atoms with E-state index in [9.17, 15) is 29.7 Å². The Balaban J connectivity index is -0.000000130. The van der Waals surface area contributed by atoms with Crippen molar-refractivity contribution in [2.45, 2.75) is 20.8 Å². The number of hydrogen-bond acceptors (Lipinski definition) is 6. The molecule has 134 valence electrons. The number of carbonyl (C=O) groups excluding carboxylic acids is 3. The van der Waals surface area contributed by atoms with Gasteiger partial charge in [0.05, 0.1) is 17.9 Å². The fraction of sp³-hybridized carbons (Fsp3) is 0.167. The minimum Gasteiger partial charge on any atom is -0.545 e. The quantitative estimate of drug-likeness (QED) is 0.295. The molecule has 0 spiro atoms. The van der Waals surface area contributed by atoms with E-state index in [1.807, 2.05) is 0 Å². The molecular formula is C18H21O6Sb. The van der Waals surface area contributed by atoms with Crippen molar-refractivity contribution in [3.63, 3.8) is 0 Å². The SMILES string of the molecule is CC=CC=CC(=O)[O-].CC=CC=CC(=O)[O-].CC=CC=CC(=O)[O-].[Sb+3]. The van der Waals surface area contributed by atoms with Crippen LogP contribution in [0, 0.1) is 0 Å². The van der Waals surface area contributed by atoms with Crippen LogP contribution in [0.3, 0.4) is 0 Å². The number of aliphatic carboxylic acids is 3. The molecule has 0 fully saturated rings. The van der Waals surface area contributed by atoms with Crippen LogP contribution in [0.25, 0.3) is 0 Å². The molecule has 0 bridgehead atoms. The van der Waals surface area contributed by atoms with Crippen molar-refractivity contribution < 1.29 is 29.7 Å². The minimum atomic E-state index is -1.16. The molecule has 0 saturated heterocycles. The predicted octanol–water partition coefficient (Wildman–Crippen LogP) is -0.775. The van der Waals surface area contributed by atoms with Crippen molar-refractivity contribution in [3.05, 3.63) is 72.9 Å². The first kappa shape index (κ1) is 30.5. The van der Waals surface area contributed by atoms with Crippen LogP contribution in [-0.2, 0) is 14.4 Å². The van der Waals surface area contributed by atoms with Gasteiger partial charge in [-0.25, -0.2) is 0 Å². The molecule has 0 amide bonds. The summed E-state index contributed by atoms with van der Waals surface area (Å²) in [6, 6.07) is 0. The second-order valence-electron chi connectivity index (χ2n) is 3.61. The zero-order valence-electron chi connectivity index (χ0n) is 14.3. The smallest absolute Gasteiger partial charge is 0.545 e. The maximum Gasteiger partial charge on any atom is 3.00 e. The molecule has 2 radical (unpaired) electrons. The summed E-state index contributed by atoms with van der Waals surface area (Å²) < 4.78 is 0. The Morgan fingerprint density at radius 1 is 0.520 bits per heavy atom. The molecule has 0 aromatic carbocycles. The number of allylic oxidation sites excluding steroid dienone is 9. The van der Waals surface area contributed by atoms with E-state index in [1.165, 1.54) is 18.2 Å². The predicted molar refractivity (Wildman–Crippen MR) is 92.6 cm³/mol. The van der Waals surface area contributed by atoms with Crippen molar-refractivity contribution in [3.8, 4) is 0 Å². The first-order chi connectivity index (χ1) is 11.3. The summed E-state index contributed by atoms with van der Waals surface area (Å²) in [5, 5.41) is 28.9. The second-order valence-corrected chi connectivity index (χ2v) is 3.61. The third kappa shape index (κ3) is 52.2. The Labute approximate surface area is 165 Å². The topological polar surface area (TPSA) is 120 Å². The van der Waals surface area contributed by atoms with Gasteiger partial charge in [0.25, 0.3) is 0 Å². The third-order valence-electron chi connectivity index (χ3n) is 1.61. The molecule has 7 heteroatoms. The van der Waals surface area contributed by atoms with Crippen molar-refractivity contribution in [2.75, 3.05) is 0 Å². The van der Waals surface area contributed by atoms with E-state index in [0.29, 0.717) is 0 Å². The van der Waals surface area contributed by atoms with Crippen molar-refractivity contribution in [2.24, 2.45) is 0 Å². The first-order valence-corrected chi connectivity index (χ1v) is 6.82. The summed E-state index contributed by atoms with van der Waals surface area (Å²) in [5.74, 6) is -3.49. The van der Waals surface area contributed by atoms with Gasteiger partial charge in [0.15, 0.2) is 0 Å². The number of carbonyl (C=O) groups is 3. The van der Waals surface area contributed by atoms with E-state index in [0.717, 1.165) is 18.2 Å². The van der Waals surface area contributed by atoms with Crippen LogP contribution in [0.15, 0.2) is 72.9 Å². The van der Waals surface area contributed by atoms with Gasteiger partial charge in [0.1, 0.15) is 0 Å². The van der Waals surface area contributed by atoms with Crippen LogP contribution < -0.4 is 15.3 Å². The molecule has 0 aliphatic rings. The van der Waals surface area contributed by atoms with Gasteiger partial charge < -0.3 is 29.7 Å². The Morgan fingerprint density at radius 2 is 0.720 bits per heavy atom. The molecule has 0 N–H and O–H groups in total. The minimum absolute atomic E-state index is 0. The van der Waals surface area contributed by atoms with Crippen molar-refractivity contribution >= 4 is 42.3 Å². The molecule has 0 unspecified atom stereocenters. The van der Waals surface area contributed by atoms with E-state index >= 15 is 0 Å². The van der Waals surface area contributed by atoms with Gasteiger partial charge in [-0.15, -0.1) is 0 Å². The Bertz CT molecular complexity index is 450. The maximum atomic E-state index is 9.64. The summed E-state index contributed by atoms with van der Waals surface area (Å²) in [5.41, 5.74) is 0. The van der Waals surface area contributed by atoms with Crippen molar-refractivity contribution in [1.29, 1.82) is 0 Å². The standard InChI is InChI=1S/3C6H8O2.Sb/c3*1-2-3-4-5-6(7)8;/h3*2-5H,1H3,(H,7,8);/q;;;+3/p-3. The fourth-order valence-electron chi connectivity index (χ4n) is 0.736. The van der Waals surface area contributed by atoms with Gasteiger partial charge in [-0.05, 0) is 39.0 Å². The molecule has 0 aromatic heterocycles. The zero-order valence-corrected chi connectivity index (χ0v) is 16.9.